The van der Waals surface area contributed by atoms with Gasteiger partial charge < -0.3 is 20.4 Å². The van der Waals surface area contributed by atoms with E-state index in [0.717, 1.165) is 4.90 Å². The van der Waals surface area contributed by atoms with Gasteiger partial charge in [-0.05, 0) is 5.56 Å². The zero-order valence-electron chi connectivity index (χ0n) is 15.3. The third kappa shape index (κ3) is 4.11. The van der Waals surface area contributed by atoms with Crippen molar-refractivity contribution < 1.29 is 34.2 Å². The molecule has 0 aromatic heterocycles. The number of benzene rings is 1. The van der Waals surface area contributed by atoms with Crippen LogP contribution in [0.4, 0.5) is 0 Å². The Kier molecular flexibility index (Phi) is 6.20. The van der Waals surface area contributed by atoms with E-state index in [1.807, 2.05) is 5.48 Å². The molecule has 1 fully saturated rings. The fraction of sp³-hybridized carbons (Fsp3) is 0.333. The van der Waals surface area contributed by atoms with Crippen molar-refractivity contribution in [3.63, 3.8) is 0 Å². The van der Waals surface area contributed by atoms with E-state index in [9.17, 15) is 29.5 Å². The molecule has 2 aliphatic heterocycles. The predicted molar refractivity (Wildman–Crippen MR) is 100 cm³/mol. The Morgan fingerprint density at radius 1 is 1.31 bits per heavy atom. The molecule has 0 spiro atoms. The van der Waals surface area contributed by atoms with Crippen molar-refractivity contribution in [2.24, 2.45) is 0 Å². The van der Waals surface area contributed by atoms with Crippen molar-refractivity contribution in [3.05, 3.63) is 47.2 Å². The van der Waals surface area contributed by atoms with Gasteiger partial charge in [-0.3, -0.25) is 19.3 Å². The second-order valence-electron chi connectivity index (χ2n) is 6.41. The van der Waals surface area contributed by atoms with Crippen LogP contribution in [0.3, 0.4) is 0 Å². The number of carboxylic acids is 1. The van der Waals surface area contributed by atoms with Crippen LogP contribution in [0, 0.1) is 0 Å². The third-order valence-electron chi connectivity index (χ3n) is 4.52. The van der Waals surface area contributed by atoms with E-state index in [0.29, 0.717) is 11.1 Å². The van der Waals surface area contributed by atoms with E-state index in [2.05, 4.69) is 5.32 Å². The van der Waals surface area contributed by atoms with Gasteiger partial charge in [-0.2, -0.15) is 5.48 Å². The maximum absolute atomic E-state index is 12.6. The summed E-state index contributed by atoms with van der Waals surface area (Å²) in [5, 5.41) is 20.9. The molecule has 154 valence electrons. The Labute approximate surface area is 169 Å². The molecule has 11 heteroatoms. The number of carboxylic acid groups (broad SMARTS) is 1. The van der Waals surface area contributed by atoms with Crippen LogP contribution >= 0.6 is 11.8 Å². The Bertz CT molecular complexity index is 873. The lowest BCUT2D eigenvalue weighted by atomic mass is 10.0. The first-order valence-corrected chi connectivity index (χ1v) is 9.68. The minimum atomic E-state index is -1.31. The zero-order valence-corrected chi connectivity index (χ0v) is 16.1. The Morgan fingerprint density at radius 2 is 2.00 bits per heavy atom. The van der Waals surface area contributed by atoms with Crippen LogP contribution in [-0.2, 0) is 23.9 Å². The highest BCUT2D eigenvalue weighted by atomic mass is 32.2. The summed E-state index contributed by atoms with van der Waals surface area (Å²) in [6.07, 6.45) is 0. The molecular formula is C18H19N3O7S. The molecule has 10 nitrogen and oxygen atoms in total. The van der Waals surface area contributed by atoms with Crippen molar-refractivity contribution in [1.29, 1.82) is 0 Å². The number of hydrogen-bond donors (Lipinski definition) is 4. The highest BCUT2D eigenvalue weighted by Gasteiger charge is 2.54. The predicted octanol–water partition coefficient (Wildman–Crippen LogP) is 0.00820. The lowest BCUT2D eigenvalue weighted by Crippen LogP contribution is -2.71. The Balaban J connectivity index is 1.74. The first-order chi connectivity index (χ1) is 13.8. The van der Waals surface area contributed by atoms with E-state index in [4.69, 9.17) is 4.74 Å². The number of amides is 2. The number of esters is 1. The Morgan fingerprint density at radius 3 is 2.59 bits per heavy atom. The van der Waals surface area contributed by atoms with E-state index >= 15 is 0 Å². The number of rotatable bonds is 7. The van der Waals surface area contributed by atoms with Crippen molar-refractivity contribution >= 4 is 35.5 Å². The van der Waals surface area contributed by atoms with Gasteiger partial charge in [0.2, 0.25) is 5.91 Å². The first kappa shape index (κ1) is 20.8. The van der Waals surface area contributed by atoms with Crippen LogP contribution in [0.25, 0.3) is 0 Å². The Hall–Kier alpha value is -2.89. The number of nitrogens with one attached hydrogen (secondary N) is 2. The summed E-state index contributed by atoms with van der Waals surface area (Å²) < 4.78 is 4.87. The highest BCUT2D eigenvalue weighted by molar-refractivity contribution is 8.00. The van der Waals surface area contributed by atoms with Gasteiger partial charge in [0.25, 0.3) is 5.91 Å². The van der Waals surface area contributed by atoms with Gasteiger partial charge in [-0.25, -0.2) is 4.79 Å². The standard InChI is InChI=1S/C18H19N3O7S/c1-9(22)28-7-11-8-29-17-13(16(24)21(17)14(11)18(25)26)19-15(23)12(20-27)10-5-3-2-4-6-10/h2-6,12-13,17,20,27H,7-8H2,1H3,(H,19,23)(H,25,26)/t12?,13-,17-/m1/s1. The van der Waals surface area contributed by atoms with E-state index < -0.39 is 41.2 Å². The lowest BCUT2D eigenvalue weighted by Gasteiger charge is -2.49. The van der Waals surface area contributed by atoms with Gasteiger partial charge in [0, 0.05) is 18.2 Å². The molecule has 1 aromatic rings. The van der Waals surface area contributed by atoms with Crippen molar-refractivity contribution in [2.75, 3.05) is 12.4 Å². The minimum absolute atomic E-state index is 0.220. The minimum Gasteiger partial charge on any atom is -0.477 e. The molecule has 29 heavy (non-hydrogen) atoms. The number of hydrogen-bond acceptors (Lipinski definition) is 8. The van der Waals surface area contributed by atoms with Crippen LogP contribution < -0.4 is 10.8 Å². The van der Waals surface area contributed by atoms with Crippen LogP contribution in [0.2, 0.25) is 0 Å². The second-order valence-corrected chi connectivity index (χ2v) is 7.51. The fourth-order valence-electron chi connectivity index (χ4n) is 3.15. The maximum atomic E-state index is 12.6. The molecule has 4 N–H and O–H groups in total. The summed E-state index contributed by atoms with van der Waals surface area (Å²) in [6, 6.07) is 6.44. The largest absolute Gasteiger partial charge is 0.477 e. The van der Waals surface area contributed by atoms with Gasteiger partial charge in [0.15, 0.2) is 0 Å². The topological polar surface area (TPSA) is 145 Å². The number of fused-ring (bicyclic) bond motifs is 1. The number of aliphatic carboxylic acids is 1. The monoisotopic (exact) mass is 421 g/mol. The number of thioether (sulfide) groups is 1. The van der Waals surface area contributed by atoms with Gasteiger partial charge in [0.1, 0.15) is 29.8 Å². The molecule has 1 aromatic carbocycles. The molecule has 0 bridgehead atoms. The van der Waals surface area contributed by atoms with Crippen molar-refractivity contribution in [1.82, 2.24) is 15.7 Å². The van der Waals surface area contributed by atoms with E-state index in [1.54, 1.807) is 30.3 Å². The summed E-state index contributed by atoms with van der Waals surface area (Å²) in [4.78, 5) is 48.9. The first-order valence-electron chi connectivity index (χ1n) is 8.63. The van der Waals surface area contributed by atoms with Crippen LogP contribution in [-0.4, -0.2) is 62.7 Å². The molecule has 1 saturated heterocycles. The molecule has 0 aliphatic carbocycles. The average Bonchev–Trinajstić information content (AvgIpc) is 2.70. The van der Waals surface area contributed by atoms with Crippen molar-refractivity contribution in [3.8, 4) is 0 Å². The van der Waals surface area contributed by atoms with E-state index in [-0.39, 0.29) is 18.1 Å². The molecule has 0 saturated carbocycles. The van der Waals surface area contributed by atoms with Crippen LogP contribution in [0.15, 0.2) is 41.6 Å². The van der Waals surface area contributed by atoms with Gasteiger partial charge in [-0.1, -0.05) is 30.3 Å². The zero-order chi connectivity index (χ0) is 21.1. The van der Waals surface area contributed by atoms with Gasteiger partial charge >= 0.3 is 11.9 Å². The molecule has 2 aliphatic rings. The molecule has 0 radical (unpaired) electrons. The summed E-state index contributed by atoms with van der Waals surface area (Å²) in [5.74, 6) is -2.84. The molecule has 3 rings (SSSR count). The van der Waals surface area contributed by atoms with Crippen molar-refractivity contribution in [2.45, 2.75) is 24.4 Å². The smallest absolute Gasteiger partial charge is 0.352 e. The number of nitrogens with zero attached hydrogens (tertiary/aromatic N) is 1. The molecule has 3 atom stereocenters. The molecule has 2 heterocycles. The van der Waals surface area contributed by atoms with Gasteiger partial charge in [0.05, 0.1) is 0 Å². The summed E-state index contributed by atoms with van der Waals surface area (Å²) in [6.45, 7) is 0.987. The van der Waals surface area contributed by atoms with E-state index in [1.165, 1.54) is 18.7 Å². The normalized spacial score (nSPS) is 21.7. The highest BCUT2D eigenvalue weighted by Crippen LogP contribution is 2.40. The quantitative estimate of drug-likeness (QED) is 0.272. The second kappa shape index (κ2) is 8.64. The molecule has 1 unspecified atom stereocenters. The maximum Gasteiger partial charge on any atom is 0.352 e. The summed E-state index contributed by atoms with van der Waals surface area (Å²) in [5.41, 5.74) is 2.51. The fourth-order valence-corrected chi connectivity index (χ4v) is 4.48. The third-order valence-corrected chi connectivity index (χ3v) is 5.86. The van der Waals surface area contributed by atoms with Crippen LogP contribution in [0.5, 0.6) is 0 Å². The van der Waals surface area contributed by atoms with Gasteiger partial charge in [-0.15, -0.1) is 11.8 Å². The molecule has 2 amide bonds. The molecular weight excluding hydrogens is 402 g/mol. The number of ether oxygens (including phenoxy) is 1. The summed E-state index contributed by atoms with van der Waals surface area (Å²) in [7, 11) is 0. The van der Waals surface area contributed by atoms with Crippen LogP contribution in [0.1, 0.15) is 18.5 Å². The summed E-state index contributed by atoms with van der Waals surface area (Å²) >= 11 is 1.26. The average molecular weight is 421 g/mol. The number of β-lactam (4-membered cyclic amide) rings is 1. The number of carbonyl (C=O) groups excluding carboxylic acids is 3. The SMILES string of the molecule is CC(=O)OCC1=C(C(=O)O)N2C(=O)[C@@H](NC(=O)C(NO)c3ccccc3)[C@H]2SC1. The lowest BCUT2D eigenvalue weighted by molar-refractivity contribution is -0.151. The number of carbonyl (C=O) groups is 4. The number of hydroxylamine groups is 1.